The van der Waals surface area contributed by atoms with Gasteiger partial charge in [-0.05, 0) is 51.0 Å². The van der Waals surface area contributed by atoms with E-state index in [9.17, 15) is 14.3 Å². The Labute approximate surface area is 267 Å². The molecule has 9 heteroatoms. The molecule has 0 amide bonds. The fraction of sp³-hybridized carbons (Fsp3) is 0.571. The third-order valence-electron chi connectivity index (χ3n) is 6.03. The Balaban J connectivity index is 4.38. The maximum atomic E-state index is 12.4. The number of phosphoric acid groups is 1. The highest BCUT2D eigenvalue weighted by atomic mass is 31.2. The van der Waals surface area contributed by atoms with Crippen LogP contribution in [0.4, 0.5) is 0 Å². The second-order valence-electron chi connectivity index (χ2n) is 10.1. The molecule has 0 saturated carbocycles. The molecule has 0 radical (unpaired) electrons. The lowest BCUT2D eigenvalue weighted by molar-refractivity contribution is -0.153. The van der Waals surface area contributed by atoms with Gasteiger partial charge >= 0.3 is 13.8 Å². The van der Waals surface area contributed by atoms with Crippen LogP contribution in [0.2, 0.25) is 0 Å². The van der Waals surface area contributed by atoms with Crippen LogP contribution in [0.3, 0.4) is 0 Å². The summed E-state index contributed by atoms with van der Waals surface area (Å²) in [6, 6.07) is 0. The summed E-state index contributed by atoms with van der Waals surface area (Å²) in [5.74, 6) is -0.403. The molecule has 3 N–H and O–H groups in total. The van der Waals surface area contributed by atoms with E-state index in [2.05, 4.69) is 44.2 Å². The molecule has 250 valence electrons. The smallest absolute Gasteiger partial charge is 0.472 e. The number of nitrogens with two attached hydrogens (primary N) is 1. The minimum Gasteiger partial charge on any atom is -0.497 e. The third-order valence-corrected chi connectivity index (χ3v) is 7.02. The van der Waals surface area contributed by atoms with E-state index < -0.39 is 19.9 Å². The van der Waals surface area contributed by atoms with Crippen molar-refractivity contribution in [3.05, 3.63) is 85.3 Å². The van der Waals surface area contributed by atoms with Gasteiger partial charge in [-0.15, -0.1) is 0 Å². The van der Waals surface area contributed by atoms with Crippen LogP contribution in [0.5, 0.6) is 0 Å². The number of hydrogen-bond donors (Lipinski definition) is 2. The van der Waals surface area contributed by atoms with Crippen molar-refractivity contribution in [2.45, 2.75) is 103 Å². The van der Waals surface area contributed by atoms with E-state index in [4.69, 9.17) is 24.3 Å². The zero-order chi connectivity index (χ0) is 32.4. The van der Waals surface area contributed by atoms with Crippen LogP contribution in [-0.4, -0.2) is 43.3 Å². The molecule has 0 spiro atoms. The van der Waals surface area contributed by atoms with Crippen molar-refractivity contribution >= 4 is 13.8 Å². The van der Waals surface area contributed by atoms with Crippen LogP contribution in [0.1, 0.15) is 97.3 Å². The predicted octanol–water partition coefficient (Wildman–Crippen LogP) is 8.97. The number of carbonyl (C=O) groups is 1. The summed E-state index contributed by atoms with van der Waals surface area (Å²) in [5, 5.41) is 0. The lowest BCUT2D eigenvalue weighted by Gasteiger charge is -2.19. The standard InChI is InChI=1S/C35H58NO7P/c1-3-5-7-9-11-13-15-16-17-18-19-20-22-24-26-28-35(37)43-34(33-42-44(38,39)41-31-29-36)32-40-30-27-25-23-21-14-12-10-8-6-4-2/h6,8,10-14,16-17,21,23,25,27,30,34H,3-5,7,9,15,18-20,22,24,26,28-29,31-33,36H2,1-2H3,(H,38,39). The number of hydrogen-bond acceptors (Lipinski definition) is 7. The van der Waals surface area contributed by atoms with Gasteiger partial charge in [-0.3, -0.25) is 13.8 Å². The predicted molar refractivity (Wildman–Crippen MR) is 182 cm³/mol. The molecule has 0 saturated heterocycles. The zero-order valence-corrected chi connectivity index (χ0v) is 28.0. The Morgan fingerprint density at radius 1 is 0.750 bits per heavy atom. The first-order valence-corrected chi connectivity index (χ1v) is 17.7. The third kappa shape index (κ3) is 31.0. The number of ether oxygens (including phenoxy) is 2. The number of allylic oxidation sites excluding steroid dienone is 13. The molecule has 0 bridgehead atoms. The summed E-state index contributed by atoms with van der Waals surface area (Å²) < 4.78 is 32.7. The lowest BCUT2D eigenvalue weighted by atomic mass is 10.1. The summed E-state index contributed by atoms with van der Waals surface area (Å²) >= 11 is 0. The van der Waals surface area contributed by atoms with Gasteiger partial charge in [0.2, 0.25) is 0 Å². The van der Waals surface area contributed by atoms with Crippen LogP contribution in [0, 0.1) is 0 Å². The van der Waals surface area contributed by atoms with Crippen molar-refractivity contribution in [3.8, 4) is 0 Å². The number of esters is 1. The van der Waals surface area contributed by atoms with Crippen LogP contribution in [-0.2, 0) is 27.9 Å². The molecule has 0 fully saturated rings. The molecule has 2 atom stereocenters. The van der Waals surface area contributed by atoms with E-state index in [1.807, 2.05) is 36.5 Å². The molecule has 0 aromatic rings. The first-order valence-electron chi connectivity index (χ1n) is 16.2. The van der Waals surface area contributed by atoms with Crippen LogP contribution in [0.25, 0.3) is 0 Å². The summed E-state index contributed by atoms with van der Waals surface area (Å²) in [5.41, 5.74) is 5.31. The number of unbranched alkanes of at least 4 members (excludes halogenated alkanes) is 8. The van der Waals surface area contributed by atoms with Crippen LogP contribution >= 0.6 is 7.82 Å². The highest BCUT2D eigenvalue weighted by Crippen LogP contribution is 2.43. The van der Waals surface area contributed by atoms with Gasteiger partial charge in [0.05, 0.1) is 19.5 Å². The summed E-state index contributed by atoms with van der Waals surface area (Å²) in [7, 11) is -4.31. The fourth-order valence-electron chi connectivity index (χ4n) is 3.69. The molecule has 8 nitrogen and oxygen atoms in total. The van der Waals surface area contributed by atoms with Crippen molar-refractivity contribution in [1.29, 1.82) is 0 Å². The highest BCUT2D eigenvalue weighted by molar-refractivity contribution is 7.47. The van der Waals surface area contributed by atoms with E-state index in [-0.39, 0.29) is 32.8 Å². The van der Waals surface area contributed by atoms with E-state index in [0.717, 1.165) is 44.9 Å². The van der Waals surface area contributed by atoms with Crippen molar-refractivity contribution < 1.29 is 32.8 Å². The molecule has 0 rings (SSSR count). The second-order valence-corrected chi connectivity index (χ2v) is 11.6. The van der Waals surface area contributed by atoms with E-state index in [0.29, 0.717) is 6.42 Å². The molecule has 2 unspecified atom stereocenters. The molecule has 0 heterocycles. The molecule has 44 heavy (non-hydrogen) atoms. The molecule has 0 aromatic carbocycles. The zero-order valence-electron chi connectivity index (χ0n) is 27.1. The van der Waals surface area contributed by atoms with Gasteiger partial charge in [0.1, 0.15) is 6.61 Å². The fourth-order valence-corrected chi connectivity index (χ4v) is 4.45. The molecule has 0 aliphatic carbocycles. The molecule has 0 aliphatic heterocycles. The van der Waals surface area contributed by atoms with E-state index in [1.54, 1.807) is 12.2 Å². The van der Waals surface area contributed by atoms with Crippen molar-refractivity contribution in [2.75, 3.05) is 26.4 Å². The minimum atomic E-state index is -4.31. The summed E-state index contributed by atoms with van der Waals surface area (Å²) in [4.78, 5) is 22.2. The maximum absolute atomic E-state index is 12.4. The normalized spacial score (nSPS) is 14.8. The summed E-state index contributed by atoms with van der Waals surface area (Å²) in [6.45, 7) is 3.85. The van der Waals surface area contributed by atoms with Crippen molar-refractivity contribution in [1.82, 2.24) is 0 Å². The SMILES string of the molecule is CCC=CC=CC=CC=CC=COCC(COP(=O)(O)OCCN)OC(=O)CCCCCCCC=CCC=CCCCCC. The topological polar surface area (TPSA) is 117 Å². The quantitative estimate of drug-likeness (QED) is 0.0209. The summed E-state index contributed by atoms with van der Waals surface area (Å²) in [6.07, 6.45) is 40.0. The van der Waals surface area contributed by atoms with Gasteiger partial charge in [-0.25, -0.2) is 4.57 Å². The molecule has 0 aliphatic rings. The number of phosphoric ester groups is 1. The molecular weight excluding hydrogens is 577 g/mol. The monoisotopic (exact) mass is 635 g/mol. The van der Waals surface area contributed by atoms with Gasteiger partial charge in [0.25, 0.3) is 0 Å². The largest absolute Gasteiger partial charge is 0.497 e. The molecular formula is C35H58NO7P. The van der Waals surface area contributed by atoms with E-state index >= 15 is 0 Å². The van der Waals surface area contributed by atoms with Gasteiger partial charge < -0.3 is 20.1 Å². The average Bonchev–Trinajstić information content (AvgIpc) is 3.01. The van der Waals surface area contributed by atoms with Crippen LogP contribution in [0.15, 0.2) is 85.3 Å². The second kappa shape index (κ2) is 31.9. The number of rotatable bonds is 29. The van der Waals surface area contributed by atoms with E-state index in [1.165, 1.54) is 31.9 Å². The van der Waals surface area contributed by atoms with Gasteiger partial charge in [0.15, 0.2) is 6.10 Å². The first kappa shape index (κ1) is 41.5. The Kier molecular flexibility index (Phi) is 30.1. The van der Waals surface area contributed by atoms with Crippen LogP contribution < -0.4 is 5.73 Å². The Hall–Kier alpha value is -2.48. The number of carbonyl (C=O) groups excluding carboxylic acids is 1. The van der Waals surface area contributed by atoms with Gasteiger partial charge in [0, 0.05) is 13.0 Å². The Bertz CT molecular complexity index is 937. The lowest BCUT2D eigenvalue weighted by Crippen LogP contribution is -2.27. The minimum absolute atomic E-state index is 0.0442. The Morgan fingerprint density at radius 2 is 1.36 bits per heavy atom. The Morgan fingerprint density at radius 3 is 2.02 bits per heavy atom. The van der Waals surface area contributed by atoms with Crippen molar-refractivity contribution in [2.24, 2.45) is 5.73 Å². The first-order chi connectivity index (χ1) is 21.4. The van der Waals surface area contributed by atoms with Gasteiger partial charge in [-0.1, -0.05) is 119 Å². The average molecular weight is 636 g/mol. The van der Waals surface area contributed by atoms with Gasteiger partial charge in [-0.2, -0.15) is 0 Å². The van der Waals surface area contributed by atoms with Crippen molar-refractivity contribution in [3.63, 3.8) is 0 Å². The molecule has 0 aromatic heterocycles. The maximum Gasteiger partial charge on any atom is 0.472 e. The highest BCUT2D eigenvalue weighted by Gasteiger charge is 2.25.